The highest BCUT2D eigenvalue weighted by Gasteiger charge is 2.36. The van der Waals surface area contributed by atoms with Crippen LogP contribution in [0, 0.1) is 0 Å². The van der Waals surface area contributed by atoms with Crippen LogP contribution in [-0.2, 0) is 6.18 Å². The number of halogens is 6. The van der Waals surface area contributed by atoms with E-state index in [1.54, 1.807) is 0 Å². The molecule has 0 heterocycles. The first-order chi connectivity index (χ1) is 8.62. The predicted molar refractivity (Wildman–Crippen MR) is 57.7 cm³/mol. The fraction of sp³-hybridized carbons (Fsp3) is 0.364. The van der Waals surface area contributed by atoms with Crippen LogP contribution in [0.3, 0.4) is 0 Å². The second-order valence-electron chi connectivity index (χ2n) is 3.56. The van der Waals surface area contributed by atoms with Gasteiger partial charge in [0.2, 0.25) is 0 Å². The summed E-state index contributed by atoms with van der Waals surface area (Å²) in [6, 6.07) is 1.97. The predicted octanol–water partition coefficient (Wildman–Crippen LogP) is 4.12. The van der Waals surface area contributed by atoms with Gasteiger partial charge in [-0.3, -0.25) is 4.79 Å². The van der Waals surface area contributed by atoms with Crippen LogP contribution in [0.4, 0.5) is 22.0 Å². The third kappa shape index (κ3) is 4.05. The zero-order valence-corrected chi connectivity index (χ0v) is 10.2. The summed E-state index contributed by atoms with van der Waals surface area (Å²) in [5.74, 6) is -1.63. The Hall–Kier alpha value is -1.37. The highest BCUT2D eigenvalue weighted by atomic mass is 35.5. The van der Waals surface area contributed by atoms with Crippen LogP contribution >= 0.6 is 11.6 Å². The fourth-order valence-corrected chi connectivity index (χ4v) is 1.48. The number of hydrogen-bond donors (Lipinski definition) is 0. The molecular formula is C11H8ClF5O2. The van der Waals surface area contributed by atoms with E-state index < -0.39 is 40.8 Å². The lowest BCUT2D eigenvalue weighted by Crippen LogP contribution is -2.18. The van der Waals surface area contributed by atoms with E-state index in [1.165, 1.54) is 6.92 Å². The molecule has 1 rings (SSSR count). The average Bonchev–Trinajstić information content (AvgIpc) is 2.25. The Morgan fingerprint density at radius 3 is 2.32 bits per heavy atom. The smallest absolute Gasteiger partial charge is 0.417 e. The summed E-state index contributed by atoms with van der Waals surface area (Å²) in [5, 5.41) is -1.16. The molecule has 0 fully saturated rings. The minimum Gasteiger partial charge on any atom is -0.435 e. The summed E-state index contributed by atoms with van der Waals surface area (Å²) in [7, 11) is 0. The molecule has 0 saturated heterocycles. The molecule has 0 radical (unpaired) electrons. The Bertz CT molecular complexity index is 471. The molecule has 0 amide bonds. The number of hydrogen-bond acceptors (Lipinski definition) is 2. The van der Waals surface area contributed by atoms with Gasteiger partial charge in [0, 0.05) is 5.56 Å². The number of alkyl halides is 6. The Labute approximate surface area is 110 Å². The maximum absolute atomic E-state index is 12.8. The fourth-order valence-electron chi connectivity index (χ4n) is 1.36. The highest BCUT2D eigenvalue weighted by Crippen LogP contribution is 2.35. The normalized spacial score (nSPS) is 13.5. The Morgan fingerprint density at radius 1 is 1.32 bits per heavy atom. The van der Waals surface area contributed by atoms with Crippen molar-refractivity contribution in [3.05, 3.63) is 29.3 Å². The zero-order chi connectivity index (χ0) is 14.8. The van der Waals surface area contributed by atoms with Gasteiger partial charge in [-0.1, -0.05) is 0 Å². The van der Waals surface area contributed by atoms with Crippen molar-refractivity contribution in [2.75, 3.05) is 0 Å². The Morgan fingerprint density at radius 2 is 1.89 bits per heavy atom. The quantitative estimate of drug-likeness (QED) is 0.475. The number of carbonyl (C=O) groups is 1. The summed E-state index contributed by atoms with van der Waals surface area (Å²) in [4.78, 5) is 11.5. The second-order valence-corrected chi connectivity index (χ2v) is 4.22. The van der Waals surface area contributed by atoms with Crippen molar-refractivity contribution in [2.24, 2.45) is 0 Å². The van der Waals surface area contributed by atoms with E-state index >= 15 is 0 Å². The van der Waals surface area contributed by atoms with Gasteiger partial charge in [0.15, 0.2) is 5.78 Å². The van der Waals surface area contributed by atoms with E-state index in [4.69, 9.17) is 11.6 Å². The molecular weight excluding hydrogens is 295 g/mol. The van der Waals surface area contributed by atoms with Gasteiger partial charge in [-0.05, 0) is 25.1 Å². The third-order valence-electron chi connectivity index (χ3n) is 2.15. The van der Waals surface area contributed by atoms with Crippen LogP contribution < -0.4 is 4.74 Å². The highest BCUT2D eigenvalue weighted by molar-refractivity contribution is 6.33. The molecule has 1 aromatic carbocycles. The van der Waals surface area contributed by atoms with Crippen molar-refractivity contribution in [2.45, 2.75) is 25.1 Å². The summed E-state index contributed by atoms with van der Waals surface area (Å²) in [6.45, 7) is -2.04. The van der Waals surface area contributed by atoms with E-state index in [9.17, 15) is 26.7 Å². The summed E-state index contributed by atoms with van der Waals surface area (Å²) < 4.78 is 66.0. The van der Waals surface area contributed by atoms with E-state index in [2.05, 4.69) is 4.74 Å². The SMILES string of the molecule is CC(Cl)C(=O)c1ccc(OC(F)F)cc1C(F)(F)F. The van der Waals surface area contributed by atoms with Gasteiger partial charge in [-0.2, -0.15) is 22.0 Å². The molecule has 0 aliphatic carbocycles. The number of rotatable bonds is 4. The van der Waals surface area contributed by atoms with Crippen LogP contribution in [0.5, 0.6) is 5.75 Å². The van der Waals surface area contributed by atoms with E-state index in [0.717, 1.165) is 12.1 Å². The number of carbonyl (C=O) groups excluding carboxylic acids is 1. The Kier molecular flexibility index (Phi) is 4.73. The van der Waals surface area contributed by atoms with Gasteiger partial charge in [0.1, 0.15) is 5.75 Å². The third-order valence-corrected chi connectivity index (χ3v) is 2.35. The van der Waals surface area contributed by atoms with Crippen LogP contribution in [-0.4, -0.2) is 17.8 Å². The van der Waals surface area contributed by atoms with Gasteiger partial charge in [-0.15, -0.1) is 11.6 Å². The van der Waals surface area contributed by atoms with Crippen LogP contribution in [0.15, 0.2) is 18.2 Å². The molecule has 0 N–H and O–H groups in total. The number of benzene rings is 1. The molecule has 8 heteroatoms. The maximum Gasteiger partial charge on any atom is 0.417 e. The number of ketones is 1. The van der Waals surface area contributed by atoms with Crippen molar-refractivity contribution >= 4 is 17.4 Å². The van der Waals surface area contributed by atoms with Crippen molar-refractivity contribution < 1.29 is 31.5 Å². The summed E-state index contributed by atoms with van der Waals surface area (Å²) in [5.41, 5.74) is -2.04. The minimum absolute atomic E-state index is 0.346. The summed E-state index contributed by atoms with van der Waals surface area (Å²) in [6.07, 6.45) is -4.88. The van der Waals surface area contributed by atoms with E-state index in [1.807, 2.05) is 0 Å². The average molecular weight is 303 g/mol. The monoisotopic (exact) mass is 302 g/mol. The van der Waals surface area contributed by atoms with Gasteiger partial charge >= 0.3 is 12.8 Å². The molecule has 0 aliphatic rings. The molecule has 0 aliphatic heterocycles. The van der Waals surface area contributed by atoms with Crippen molar-refractivity contribution in [1.29, 1.82) is 0 Å². The van der Waals surface area contributed by atoms with Gasteiger partial charge in [-0.25, -0.2) is 0 Å². The number of Topliss-reactive ketones (excluding diaryl/α,β-unsaturated/α-hetero) is 1. The molecule has 1 aromatic rings. The Balaban J connectivity index is 3.29. The molecule has 1 unspecified atom stereocenters. The topological polar surface area (TPSA) is 26.3 Å². The van der Waals surface area contributed by atoms with E-state index in [0.29, 0.717) is 6.07 Å². The van der Waals surface area contributed by atoms with Gasteiger partial charge in [0.25, 0.3) is 0 Å². The maximum atomic E-state index is 12.8. The molecule has 2 nitrogen and oxygen atoms in total. The lowest BCUT2D eigenvalue weighted by Gasteiger charge is -2.14. The van der Waals surface area contributed by atoms with E-state index in [-0.39, 0.29) is 0 Å². The molecule has 1 atom stereocenters. The van der Waals surface area contributed by atoms with Gasteiger partial charge in [0.05, 0.1) is 10.9 Å². The van der Waals surface area contributed by atoms with Crippen LogP contribution in [0.2, 0.25) is 0 Å². The largest absolute Gasteiger partial charge is 0.435 e. The van der Waals surface area contributed by atoms with Crippen molar-refractivity contribution in [3.63, 3.8) is 0 Å². The minimum atomic E-state index is -4.88. The lowest BCUT2D eigenvalue weighted by molar-refractivity contribution is -0.138. The van der Waals surface area contributed by atoms with Crippen LogP contribution in [0.25, 0.3) is 0 Å². The standard InChI is InChI=1S/C11H8ClF5O2/c1-5(12)9(18)7-3-2-6(19-10(13)14)4-8(7)11(15,16)17/h2-5,10H,1H3. The summed E-state index contributed by atoms with van der Waals surface area (Å²) >= 11 is 5.44. The van der Waals surface area contributed by atoms with Crippen LogP contribution in [0.1, 0.15) is 22.8 Å². The molecule has 0 saturated carbocycles. The first-order valence-electron chi connectivity index (χ1n) is 4.97. The zero-order valence-electron chi connectivity index (χ0n) is 9.47. The first kappa shape index (κ1) is 15.7. The van der Waals surface area contributed by atoms with Gasteiger partial charge < -0.3 is 4.74 Å². The van der Waals surface area contributed by atoms with Crippen molar-refractivity contribution in [3.8, 4) is 5.75 Å². The molecule has 0 aromatic heterocycles. The molecule has 0 bridgehead atoms. The van der Waals surface area contributed by atoms with Crippen molar-refractivity contribution in [1.82, 2.24) is 0 Å². The first-order valence-corrected chi connectivity index (χ1v) is 5.41. The molecule has 19 heavy (non-hydrogen) atoms. The molecule has 0 spiro atoms. The molecule has 106 valence electrons. The second kappa shape index (κ2) is 5.73. The number of ether oxygens (including phenoxy) is 1. The lowest BCUT2D eigenvalue weighted by atomic mass is 10.0.